The summed E-state index contributed by atoms with van der Waals surface area (Å²) in [5.74, 6) is 1.17. The molecule has 0 radical (unpaired) electrons. The molecule has 0 unspecified atom stereocenters. The van der Waals surface area contributed by atoms with Crippen molar-refractivity contribution >= 4 is 34.4 Å². The minimum Gasteiger partial charge on any atom is -0.312 e. The van der Waals surface area contributed by atoms with Crippen molar-refractivity contribution in [3.05, 3.63) is 41.6 Å². The van der Waals surface area contributed by atoms with Crippen molar-refractivity contribution < 1.29 is 0 Å². The molecule has 0 saturated carbocycles. The van der Waals surface area contributed by atoms with Crippen LogP contribution in [0.5, 0.6) is 0 Å². The van der Waals surface area contributed by atoms with Crippen LogP contribution in [-0.4, -0.2) is 24.3 Å². The predicted molar refractivity (Wildman–Crippen MR) is 78.9 cm³/mol. The molecule has 0 fully saturated rings. The largest absolute Gasteiger partial charge is 0.312 e. The maximum absolute atomic E-state index is 5.96. The normalized spacial score (nSPS) is 11.3. The molecule has 0 aliphatic rings. The average Bonchev–Trinajstić information content (AvgIpc) is 3.06. The number of pyridine rings is 1. The van der Waals surface area contributed by atoms with E-state index in [1.165, 1.54) is 0 Å². The molecule has 0 spiro atoms. The summed E-state index contributed by atoms with van der Waals surface area (Å²) in [5.41, 5.74) is 1.61. The van der Waals surface area contributed by atoms with Crippen molar-refractivity contribution in [1.82, 2.24) is 24.3 Å². The Hall–Kier alpha value is -1.59. The Morgan fingerprint density at radius 2 is 2.15 bits per heavy atom. The van der Waals surface area contributed by atoms with E-state index in [0.717, 1.165) is 36.5 Å². The summed E-state index contributed by atoms with van der Waals surface area (Å²) in [6.07, 6.45) is 6.29. The fourth-order valence-electron chi connectivity index (χ4n) is 2.19. The van der Waals surface area contributed by atoms with Gasteiger partial charge in [-0.05, 0) is 18.6 Å². The zero-order valence-corrected chi connectivity index (χ0v) is 12.2. The summed E-state index contributed by atoms with van der Waals surface area (Å²) in [4.78, 5) is 8.82. The van der Waals surface area contributed by atoms with E-state index in [1.54, 1.807) is 12.4 Å². The van der Waals surface area contributed by atoms with Crippen LogP contribution in [0.3, 0.4) is 0 Å². The number of aryl methyl sites for hydroxylation is 2. The van der Waals surface area contributed by atoms with E-state index < -0.39 is 0 Å². The first-order valence-electron chi connectivity index (χ1n) is 6.32. The number of hydrogen-bond donors (Lipinski definition) is 0. The number of aromatic nitrogens is 5. The molecule has 0 aliphatic carbocycles. The van der Waals surface area contributed by atoms with Gasteiger partial charge in [0.25, 0.3) is 0 Å². The van der Waals surface area contributed by atoms with Gasteiger partial charge in [-0.15, -0.1) is 11.6 Å². The SMILES string of the molecule is ClCc1nc2cc(Cl)cnc2n1CCCn1cccn1. The number of hydrogen-bond acceptors (Lipinski definition) is 3. The van der Waals surface area contributed by atoms with Crippen LogP contribution in [0.15, 0.2) is 30.7 Å². The molecule has 0 bridgehead atoms. The highest BCUT2D eigenvalue weighted by Gasteiger charge is 2.11. The topological polar surface area (TPSA) is 48.5 Å². The summed E-state index contributed by atoms with van der Waals surface area (Å²) < 4.78 is 3.95. The first-order chi connectivity index (χ1) is 9.78. The molecule has 5 nitrogen and oxygen atoms in total. The summed E-state index contributed by atoms with van der Waals surface area (Å²) in [6, 6.07) is 3.73. The Morgan fingerprint density at radius 3 is 2.90 bits per heavy atom. The van der Waals surface area contributed by atoms with Crippen LogP contribution in [0, 0.1) is 0 Å². The molecule has 3 rings (SSSR count). The molecule has 20 heavy (non-hydrogen) atoms. The van der Waals surface area contributed by atoms with E-state index in [9.17, 15) is 0 Å². The monoisotopic (exact) mass is 309 g/mol. The second-order valence-electron chi connectivity index (χ2n) is 4.43. The van der Waals surface area contributed by atoms with Gasteiger partial charge in [-0.3, -0.25) is 4.68 Å². The number of fused-ring (bicyclic) bond motifs is 1. The van der Waals surface area contributed by atoms with Crippen molar-refractivity contribution in [3.63, 3.8) is 0 Å². The van der Waals surface area contributed by atoms with Gasteiger partial charge < -0.3 is 4.57 Å². The standard InChI is InChI=1S/C13H13Cl2N5/c14-8-12-18-11-7-10(15)9-16-13(11)20(12)6-2-5-19-4-1-3-17-19/h1,3-4,7,9H,2,5-6,8H2. The fourth-order valence-corrected chi connectivity index (χ4v) is 2.55. The molecule has 0 saturated heterocycles. The van der Waals surface area contributed by atoms with Gasteiger partial charge in [0.2, 0.25) is 0 Å². The van der Waals surface area contributed by atoms with E-state index in [2.05, 4.69) is 15.1 Å². The summed E-state index contributed by atoms with van der Waals surface area (Å²) in [5, 5.41) is 4.77. The Kier molecular flexibility index (Phi) is 3.89. The number of rotatable bonds is 5. The second-order valence-corrected chi connectivity index (χ2v) is 5.14. The molecule has 0 atom stereocenters. The Morgan fingerprint density at radius 1 is 1.25 bits per heavy atom. The maximum Gasteiger partial charge on any atom is 0.160 e. The zero-order chi connectivity index (χ0) is 13.9. The Bertz CT molecular complexity index is 705. The van der Waals surface area contributed by atoms with E-state index in [1.807, 2.05) is 27.6 Å². The van der Waals surface area contributed by atoms with Crippen molar-refractivity contribution in [1.29, 1.82) is 0 Å². The molecule has 3 heterocycles. The number of alkyl halides is 1. The minimum atomic E-state index is 0.357. The van der Waals surface area contributed by atoms with E-state index in [0.29, 0.717) is 10.9 Å². The molecule has 0 amide bonds. The van der Waals surface area contributed by atoms with Crippen molar-refractivity contribution in [3.8, 4) is 0 Å². The van der Waals surface area contributed by atoms with Crippen molar-refractivity contribution in [2.75, 3.05) is 0 Å². The van der Waals surface area contributed by atoms with Crippen LogP contribution in [-0.2, 0) is 19.0 Å². The van der Waals surface area contributed by atoms with E-state index in [4.69, 9.17) is 23.2 Å². The minimum absolute atomic E-state index is 0.357. The molecule has 0 N–H and O–H groups in total. The van der Waals surface area contributed by atoms with Crippen LogP contribution in [0.2, 0.25) is 5.02 Å². The molecule has 0 aromatic carbocycles. The van der Waals surface area contributed by atoms with Gasteiger partial charge in [-0.25, -0.2) is 9.97 Å². The quantitative estimate of drug-likeness (QED) is 0.680. The molecular formula is C13H13Cl2N5. The second kappa shape index (κ2) is 5.81. The average molecular weight is 310 g/mol. The Labute approximate surface area is 126 Å². The number of imidazole rings is 1. The maximum atomic E-state index is 5.96. The van der Waals surface area contributed by atoms with Crippen LogP contribution >= 0.6 is 23.2 Å². The number of halogens is 2. The van der Waals surface area contributed by atoms with Gasteiger partial charge in [-0.1, -0.05) is 11.6 Å². The van der Waals surface area contributed by atoms with Gasteiger partial charge in [0.15, 0.2) is 5.65 Å². The lowest BCUT2D eigenvalue weighted by Crippen LogP contribution is -2.07. The van der Waals surface area contributed by atoms with Gasteiger partial charge in [0.05, 0.1) is 10.9 Å². The lowest BCUT2D eigenvalue weighted by Gasteiger charge is -2.07. The smallest absolute Gasteiger partial charge is 0.160 e. The summed E-state index contributed by atoms with van der Waals surface area (Å²) in [7, 11) is 0. The highest BCUT2D eigenvalue weighted by Crippen LogP contribution is 2.19. The third-order valence-electron chi connectivity index (χ3n) is 3.08. The molecule has 7 heteroatoms. The molecule has 3 aromatic rings. The first kappa shape index (κ1) is 13.4. The van der Waals surface area contributed by atoms with Gasteiger partial charge in [0.1, 0.15) is 11.3 Å². The third kappa shape index (κ3) is 2.64. The molecule has 3 aromatic heterocycles. The third-order valence-corrected chi connectivity index (χ3v) is 3.52. The van der Waals surface area contributed by atoms with Crippen LogP contribution in [0.1, 0.15) is 12.2 Å². The van der Waals surface area contributed by atoms with Gasteiger partial charge >= 0.3 is 0 Å². The number of nitrogens with zero attached hydrogens (tertiary/aromatic N) is 5. The summed E-state index contributed by atoms with van der Waals surface area (Å²) in [6.45, 7) is 1.65. The predicted octanol–water partition coefficient (Wildman–Crippen LogP) is 3.11. The molecular weight excluding hydrogens is 297 g/mol. The van der Waals surface area contributed by atoms with Crippen molar-refractivity contribution in [2.45, 2.75) is 25.4 Å². The summed E-state index contributed by atoms with van der Waals surface area (Å²) >= 11 is 11.9. The molecule has 0 aliphatic heterocycles. The van der Waals surface area contributed by atoms with Crippen LogP contribution < -0.4 is 0 Å². The zero-order valence-electron chi connectivity index (χ0n) is 10.7. The fraction of sp³-hybridized carbons (Fsp3) is 0.308. The van der Waals surface area contributed by atoms with Crippen molar-refractivity contribution in [2.24, 2.45) is 0 Å². The highest BCUT2D eigenvalue weighted by atomic mass is 35.5. The van der Waals surface area contributed by atoms with E-state index >= 15 is 0 Å². The highest BCUT2D eigenvalue weighted by molar-refractivity contribution is 6.31. The van der Waals surface area contributed by atoms with Gasteiger partial charge in [-0.2, -0.15) is 5.10 Å². The van der Waals surface area contributed by atoms with Gasteiger partial charge in [0, 0.05) is 31.7 Å². The van der Waals surface area contributed by atoms with Crippen LogP contribution in [0.4, 0.5) is 0 Å². The lowest BCUT2D eigenvalue weighted by atomic mass is 10.4. The first-order valence-corrected chi connectivity index (χ1v) is 7.23. The molecule has 104 valence electrons. The van der Waals surface area contributed by atoms with Crippen LogP contribution in [0.25, 0.3) is 11.2 Å². The Balaban J connectivity index is 1.82. The van der Waals surface area contributed by atoms with E-state index in [-0.39, 0.29) is 0 Å². The lowest BCUT2D eigenvalue weighted by molar-refractivity contribution is 0.525.